The predicted octanol–water partition coefficient (Wildman–Crippen LogP) is 0.589. The van der Waals surface area contributed by atoms with Gasteiger partial charge in [-0.2, -0.15) is 0 Å². The topological polar surface area (TPSA) is 64.7 Å². The minimum absolute atomic E-state index is 0.0365. The van der Waals surface area contributed by atoms with Crippen molar-refractivity contribution in [1.29, 1.82) is 0 Å². The molecule has 144 valence electrons. The maximum atomic E-state index is 12.8. The molecule has 3 rings (SSSR count). The molecule has 0 aromatic heterocycles. The highest BCUT2D eigenvalue weighted by molar-refractivity contribution is 5.83. The van der Waals surface area contributed by atoms with Crippen LogP contribution in [-0.4, -0.2) is 66.4 Å². The highest BCUT2D eigenvalue weighted by Crippen LogP contribution is 2.28. The summed E-state index contributed by atoms with van der Waals surface area (Å²) < 4.78 is 0. The Bertz CT molecular complexity index is 700. The van der Waals surface area contributed by atoms with Crippen LogP contribution in [0.15, 0.2) is 30.3 Å². The van der Waals surface area contributed by atoms with Crippen LogP contribution in [0.25, 0.3) is 0 Å². The molecule has 6 nitrogen and oxygen atoms in total. The third-order valence-electron chi connectivity index (χ3n) is 5.67. The lowest BCUT2D eigenvalue weighted by molar-refractivity contribution is -0.126. The van der Waals surface area contributed by atoms with Gasteiger partial charge in [0, 0.05) is 38.1 Å². The van der Waals surface area contributed by atoms with Crippen LogP contribution < -0.4 is 10.6 Å². The zero-order valence-electron chi connectivity index (χ0n) is 15.9. The van der Waals surface area contributed by atoms with Gasteiger partial charge in [-0.15, -0.1) is 6.42 Å². The Hall–Kier alpha value is -2.36. The summed E-state index contributed by atoms with van der Waals surface area (Å²) in [5.41, 5.74) is 1.22. The molecule has 0 aliphatic carbocycles. The van der Waals surface area contributed by atoms with Gasteiger partial charge < -0.3 is 10.6 Å². The number of carbonyl (C=O) groups excluding carboxylic acids is 2. The number of fused-ring (bicyclic) bond motifs is 1. The summed E-state index contributed by atoms with van der Waals surface area (Å²) in [6, 6.07) is 10.5. The van der Waals surface area contributed by atoms with Crippen molar-refractivity contribution in [2.24, 2.45) is 0 Å². The van der Waals surface area contributed by atoms with Crippen LogP contribution >= 0.6 is 0 Å². The van der Waals surface area contributed by atoms with Crippen LogP contribution in [0.5, 0.6) is 0 Å². The highest BCUT2D eigenvalue weighted by Gasteiger charge is 2.44. The Morgan fingerprint density at radius 1 is 1.37 bits per heavy atom. The maximum absolute atomic E-state index is 12.8. The fourth-order valence-electron chi connectivity index (χ4n) is 4.18. The number of nitrogens with one attached hydrogen (secondary N) is 2. The quantitative estimate of drug-likeness (QED) is 0.722. The Labute approximate surface area is 161 Å². The molecule has 3 atom stereocenters. The van der Waals surface area contributed by atoms with E-state index in [1.165, 1.54) is 5.56 Å². The molecule has 1 aromatic rings. The van der Waals surface area contributed by atoms with Crippen molar-refractivity contribution in [2.75, 3.05) is 26.7 Å². The predicted molar refractivity (Wildman–Crippen MR) is 105 cm³/mol. The number of amides is 2. The second kappa shape index (κ2) is 9.03. The fraction of sp³-hybridized carbons (Fsp3) is 0.524. The molecule has 2 aliphatic rings. The smallest absolute Gasteiger partial charge is 0.239 e. The zero-order valence-corrected chi connectivity index (χ0v) is 15.9. The number of rotatable bonds is 6. The van der Waals surface area contributed by atoms with Gasteiger partial charge in [-0.25, -0.2) is 0 Å². The molecule has 0 unspecified atom stereocenters. The van der Waals surface area contributed by atoms with E-state index in [9.17, 15) is 9.59 Å². The van der Waals surface area contributed by atoms with Crippen LogP contribution in [0.2, 0.25) is 0 Å². The Morgan fingerprint density at radius 3 is 2.89 bits per heavy atom. The summed E-state index contributed by atoms with van der Waals surface area (Å²) in [6.45, 7) is 2.51. The van der Waals surface area contributed by atoms with Crippen molar-refractivity contribution in [3.05, 3.63) is 35.9 Å². The molecule has 0 saturated carbocycles. The number of nitrogens with zero attached hydrogens (tertiary/aromatic N) is 2. The van der Waals surface area contributed by atoms with Crippen molar-refractivity contribution in [3.63, 3.8) is 0 Å². The maximum Gasteiger partial charge on any atom is 0.239 e. The van der Waals surface area contributed by atoms with E-state index in [0.29, 0.717) is 19.4 Å². The Morgan fingerprint density at radius 2 is 2.15 bits per heavy atom. The number of hydrogen-bond acceptors (Lipinski definition) is 4. The molecule has 6 heteroatoms. The summed E-state index contributed by atoms with van der Waals surface area (Å²) >= 11 is 0. The number of carbonyl (C=O) groups is 2. The van der Waals surface area contributed by atoms with Gasteiger partial charge in [0.1, 0.15) is 6.04 Å². The van der Waals surface area contributed by atoms with E-state index < -0.39 is 0 Å². The number of likely N-dealkylation sites (N-methyl/N-ethyl adjacent to an activating group) is 1. The number of hydrogen-bond donors (Lipinski definition) is 2. The van der Waals surface area contributed by atoms with Gasteiger partial charge in [0.2, 0.25) is 11.8 Å². The van der Waals surface area contributed by atoms with Crippen molar-refractivity contribution in [1.82, 2.24) is 20.4 Å². The van der Waals surface area contributed by atoms with E-state index in [0.717, 1.165) is 19.5 Å². The largest absolute Gasteiger partial charge is 0.353 e. The molecule has 2 N–H and O–H groups in total. The van der Waals surface area contributed by atoms with E-state index in [1.807, 2.05) is 18.2 Å². The molecule has 2 saturated heterocycles. The molecule has 2 aliphatic heterocycles. The van der Waals surface area contributed by atoms with Gasteiger partial charge in [-0.1, -0.05) is 36.3 Å². The summed E-state index contributed by atoms with van der Waals surface area (Å²) in [4.78, 5) is 29.2. The van der Waals surface area contributed by atoms with E-state index in [2.05, 4.69) is 45.5 Å². The van der Waals surface area contributed by atoms with Gasteiger partial charge in [-0.05, 0) is 25.5 Å². The zero-order chi connectivity index (χ0) is 19.2. The molecule has 2 fully saturated rings. The normalized spacial score (nSPS) is 25.9. The van der Waals surface area contributed by atoms with Gasteiger partial charge >= 0.3 is 0 Å². The van der Waals surface area contributed by atoms with Gasteiger partial charge in [-0.3, -0.25) is 19.4 Å². The van der Waals surface area contributed by atoms with Crippen molar-refractivity contribution < 1.29 is 9.59 Å². The molecular formula is C21H28N4O2. The summed E-state index contributed by atoms with van der Waals surface area (Å²) in [5, 5.41) is 5.80. The molecule has 1 aromatic carbocycles. The first-order valence-electron chi connectivity index (χ1n) is 9.58. The third kappa shape index (κ3) is 4.68. The standard InChI is InChI=1S/C21H28N4O2/c1-3-12-22-19(26)10-9-17-14-23-21(27)20-18(24(17)2)11-13-25(20)15-16-7-5-4-6-8-16/h1,4-8,17-18,20H,9-15H2,2H3,(H,22,26)(H,23,27)/t17-,18-,20-/m0/s1. The van der Waals surface area contributed by atoms with Gasteiger partial charge in [0.15, 0.2) is 0 Å². The van der Waals surface area contributed by atoms with Crippen LogP contribution in [0.3, 0.4) is 0 Å². The van der Waals surface area contributed by atoms with E-state index >= 15 is 0 Å². The average Bonchev–Trinajstić information content (AvgIpc) is 3.05. The molecule has 0 radical (unpaired) electrons. The van der Waals surface area contributed by atoms with Crippen molar-refractivity contribution in [2.45, 2.75) is 43.9 Å². The second-order valence-corrected chi connectivity index (χ2v) is 7.34. The summed E-state index contributed by atoms with van der Waals surface area (Å²) in [6.07, 6.45) is 7.25. The number of likely N-dealkylation sites (tertiary alicyclic amines) is 1. The number of terminal acetylenes is 1. The van der Waals surface area contributed by atoms with Crippen molar-refractivity contribution in [3.8, 4) is 12.3 Å². The minimum Gasteiger partial charge on any atom is -0.353 e. The molecular weight excluding hydrogens is 340 g/mol. The molecule has 27 heavy (non-hydrogen) atoms. The lowest BCUT2D eigenvalue weighted by atomic mass is 10.0. The molecule has 0 spiro atoms. The third-order valence-corrected chi connectivity index (χ3v) is 5.67. The first kappa shape index (κ1) is 19.4. The van der Waals surface area contributed by atoms with E-state index in [4.69, 9.17) is 6.42 Å². The minimum atomic E-state index is -0.143. The lowest BCUT2D eigenvalue weighted by Crippen LogP contribution is -2.49. The average molecular weight is 368 g/mol. The van der Waals surface area contributed by atoms with E-state index in [1.54, 1.807) is 0 Å². The SMILES string of the molecule is C#CCNC(=O)CC[C@H]1CNC(=O)[C@@H]2[C@H](CCN2Cc2ccccc2)N1C. The van der Waals surface area contributed by atoms with E-state index in [-0.39, 0.29) is 36.5 Å². The van der Waals surface area contributed by atoms with Gasteiger partial charge in [0.05, 0.1) is 6.54 Å². The Balaban J connectivity index is 1.63. The van der Waals surface area contributed by atoms with Crippen LogP contribution in [0.4, 0.5) is 0 Å². The second-order valence-electron chi connectivity index (χ2n) is 7.34. The summed E-state index contributed by atoms with van der Waals surface area (Å²) in [5.74, 6) is 2.47. The highest BCUT2D eigenvalue weighted by atomic mass is 16.2. The molecule has 2 amide bonds. The van der Waals surface area contributed by atoms with Crippen molar-refractivity contribution >= 4 is 11.8 Å². The molecule has 0 bridgehead atoms. The molecule has 2 heterocycles. The van der Waals surface area contributed by atoms with Crippen LogP contribution in [0.1, 0.15) is 24.8 Å². The van der Waals surface area contributed by atoms with Crippen LogP contribution in [-0.2, 0) is 16.1 Å². The fourth-order valence-corrected chi connectivity index (χ4v) is 4.18. The summed E-state index contributed by atoms with van der Waals surface area (Å²) in [7, 11) is 2.08. The Kier molecular flexibility index (Phi) is 6.49. The monoisotopic (exact) mass is 368 g/mol. The first-order valence-corrected chi connectivity index (χ1v) is 9.58. The first-order chi connectivity index (χ1) is 13.1. The lowest BCUT2D eigenvalue weighted by Gasteiger charge is -2.33. The van der Waals surface area contributed by atoms with Gasteiger partial charge in [0.25, 0.3) is 0 Å². The number of benzene rings is 1. The van der Waals surface area contributed by atoms with Crippen LogP contribution in [0, 0.1) is 12.3 Å².